The zero-order chi connectivity index (χ0) is 23.3. The molecular weight excluding hydrogens is 415 g/mol. The van der Waals surface area contributed by atoms with E-state index in [9.17, 15) is 0 Å². The zero-order valence-corrected chi connectivity index (χ0v) is 20.2. The first kappa shape index (κ1) is 20.3. The van der Waals surface area contributed by atoms with Gasteiger partial charge in [-0.15, -0.1) is 0 Å². The lowest BCUT2D eigenvalue weighted by Crippen LogP contribution is -2.42. The minimum Gasteiger partial charge on any atom is -0.399 e. The molecule has 34 heavy (non-hydrogen) atoms. The predicted octanol–water partition coefficient (Wildman–Crippen LogP) is 5.78. The molecule has 2 aromatic carbocycles. The Labute approximate surface area is 202 Å². The highest BCUT2D eigenvalue weighted by molar-refractivity contribution is 6.63. The van der Waals surface area contributed by atoms with E-state index in [0.29, 0.717) is 0 Å². The van der Waals surface area contributed by atoms with Crippen molar-refractivity contribution in [2.24, 2.45) is 0 Å². The van der Waals surface area contributed by atoms with Gasteiger partial charge in [0.25, 0.3) is 0 Å². The summed E-state index contributed by atoms with van der Waals surface area (Å²) in [6.45, 7) is 8.52. The molecule has 1 unspecified atom stereocenters. The topological polar surface area (TPSA) is 18.5 Å². The molecule has 2 aromatic rings. The molecule has 0 N–H and O–H groups in total. The van der Waals surface area contributed by atoms with Crippen LogP contribution < -0.4 is 5.46 Å². The van der Waals surface area contributed by atoms with E-state index < -0.39 is 18.3 Å². The van der Waals surface area contributed by atoms with E-state index in [1.54, 1.807) is 0 Å². The number of rotatable bonds is 1. The van der Waals surface area contributed by atoms with Gasteiger partial charge in [-0.3, -0.25) is 0 Å². The van der Waals surface area contributed by atoms with Crippen LogP contribution in [0, 0.1) is 11.8 Å². The fraction of sp³-hybridized carbons (Fsp3) is 0.290. The van der Waals surface area contributed by atoms with Crippen LogP contribution in [0.1, 0.15) is 51.7 Å². The fourth-order valence-corrected chi connectivity index (χ4v) is 6.59. The molecule has 1 atom stereocenters. The summed E-state index contributed by atoms with van der Waals surface area (Å²) in [5, 5.41) is 0. The summed E-state index contributed by atoms with van der Waals surface area (Å²) >= 11 is 0. The van der Waals surface area contributed by atoms with Crippen molar-refractivity contribution in [3.8, 4) is 23.0 Å². The summed E-state index contributed by atoms with van der Waals surface area (Å²) < 4.78 is 13.3. The van der Waals surface area contributed by atoms with Crippen molar-refractivity contribution < 1.29 is 9.31 Å². The number of allylic oxidation sites excluding steroid dienone is 8. The van der Waals surface area contributed by atoms with Gasteiger partial charge < -0.3 is 9.31 Å². The Kier molecular flexibility index (Phi) is 3.91. The molecule has 1 heterocycles. The molecular formula is C31H27BO2. The predicted molar refractivity (Wildman–Crippen MR) is 138 cm³/mol. The van der Waals surface area contributed by atoms with Gasteiger partial charge in [0.1, 0.15) is 0 Å². The van der Waals surface area contributed by atoms with Crippen LogP contribution in [0.5, 0.6) is 0 Å². The number of hydrogen-bond donors (Lipinski definition) is 0. The van der Waals surface area contributed by atoms with Crippen molar-refractivity contribution in [2.45, 2.75) is 57.2 Å². The summed E-state index contributed by atoms with van der Waals surface area (Å²) in [7, 11) is -0.415. The zero-order valence-electron chi connectivity index (χ0n) is 20.2. The summed E-state index contributed by atoms with van der Waals surface area (Å²) in [6, 6.07) is 15.6. The Morgan fingerprint density at radius 3 is 2.38 bits per heavy atom. The monoisotopic (exact) mass is 442 g/mol. The molecule has 1 spiro atoms. The summed E-state index contributed by atoms with van der Waals surface area (Å²) in [5.74, 6) is 6.66. The Morgan fingerprint density at radius 2 is 1.56 bits per heavy atom. The molecule has 4 aliphatic carbocycles. The van der Waals surface area contributed by atoms with E-state index in [-0.39, 0.29) is 5.41 Å². The van der Waals surface area contributed by atoms with E-state index in [4.69, 9.17) is 9.31 Å². The molecule has 0 bridgehead atoms. The lowest BCUT2D eigenvalue weighted by Gasteiger charge is -2.35. The minimum absolute atomic E-state index is 0.330. The van der Waals surface area contributed by atoms with Crippen molar-refractivity contribution in [3.05, 3.63) is 100 Å². The quantitative estimate of drug-likeness (QED) is 0.412. The Balaban J connectivity index is 1.56. The smallest absolute Gasteiger partial charge is 0.399 e. The van der Waals surface area contributed by atoms with E-state index >= 15 is 0 Å². The van der Waals surface area contributed by atoms with E-state index in [1.165, 1.54) is 44.5 Å². The number of fused-ring (bicyclic) bond motifs is 8. The Bertz CT molecular complexity index is 1450. The second-order valence-corrected chi connectivity index (χ2v) is 10.9. The van der Waals surface area contributed by atoms with Crippen LogP contribution in [0.2, 0.25) is 0 Å². The van der Waals surface area contributed by atoms with E-state index in [1.807, 2.05) is 6.08 Å². The SMILES string of the molecule is CC1(C)OB(c2cccc3c2C2(C4=C(C=CC#CC4)C4=C2CC=C4)c2ccccc2-3)OC1(C)C. The molecule has 7 rings (SSSR count). The fourth-order valence-electron chi connectivity index (χ4n) is 6.59. The maximum atomic E-state index is 6.64. The van der Waals surface area contributed by atoms with Crippen molar-refractivity contribution in [2.75, 3.05) is 0 Å². The maximum absolute atomic E-state index is 6.64. The van der Waals surface area contributed by atoms with Crippen molar-refractivity contribution in [3.63, 3.8) is 0 Å². The van der Waals surface area contributed by atoms with Gasteiger partial charge in [0.15, 0.2) is 0 Å². The van der Waals surface area contributed by atoms with Crippen LogP contribution in [-0.4, -0.2) is 18.3 Å². The third-order valence-corrected chi connectivity index (χ3v) is 8.75. The third-order valence-electron chi connectivity index (χ3n) is 8.75. The van der Waals surface area contributed by atoms with Crippen LogP contribution in [0.25, 0.3) is 11.1 Å². The van der Waals surface area contributed by atoms with Gasteiger partial charge in [-0.2, -0.15) is 0 Å². The normalized spacial score (nSPS) is 26.4. The van der Waals surface area contributed by atoms with Gasteiger partial charge in [0.2, 0.25) is 0 Å². The van der Waals surface area contributed by atoms with Crippen LogP contribution in [-0.2, 0) is 14.7 Å². The Hall–Kier alpha value is -3.06. The standard InChI is InChI=1S/C31H27BO2/c1-29(2)30(3,4)34-32(33-29)27-19-11-15-23-22-13-8-9-17-25(22)31(28(23)27)24-16-7-5-6-12-20(24)21-14-10-18-26(21)31/h6,8-15,17,19H,16,18H2,1-4H3. The molecule has 1 fully saturated rings. The van der Waals surface area contributed by atoms with Crippen molar-refractivity contribution in [1.82, 2.24) is 0 Å². The molecule has 1 saturated heterocycles. The van der Waals surface area contributed by atoms with E-state index in [2.05, 4.69) is 100 Å². The second kappa shape index (κ2) is 6.54. The molecule has 5 aliphatic rings. The molecule has 0 saturated carbocycles. The molecule has 166 valence electrons. The average molecular weight is 442 g/mol. The third kappa shape index (κ3) is 2.31. The van der Waals surface area contributed by atoms with Gasteiger partial charge in [0, 0.05) is 6.42 Å². The van der Waals surface area contributed by atoms with Crippen molar-refractivity contribution >= 4 is 12.6 Å². The van der Waals surface area contributed by atoms with Gasteiger partial charge in [-0.25, -0.2) is 0 Å². The molecule has 0 radical (unpaired) electrons. The highest BCUT2D eigenvalue weighted by atomic mass is 16.7. The highest BCUT2D eigenvalue weighted by Crippen LogP contribution is 2.63. The second-order valence-electron chi connectivity index (χ2n) is 10.9. The Morgan fingerprint density at radius 1 is 0.824 bits per heavy atom. The summed E-state index contributed by atoms with van der Waals surface area (Å²) in [6.07, 6.45) is 10.6. The first-order valence-electron chi connectivity index (χ1n) is 12.2. The molecule has 0 amide bonds. The number of hydrogen-bond acceptors (Lipinski definition) is 2. The van der Waals surface area contributed by atoms with Gasteiger partial charge >= 0.3 is 7.12 Å². The average Bonchev–Trinajstić information content (AvgIpc) is 3.46. The highest BCUT2D eigenvalue weighted by Gasteiger charge is 2.58. The van der Waals surface area contributed by atoms with Crippen LogP contribution in [0.3, 0.4) is 0 Å². The minimum atomic E-state index is -0.415. The lowest BCUT2D eigenvalue weighted by atomic mass is 9.61. The van der Waals surface area contributed by atoms with Crippen LogP contribution in [0.15, 0.2) is 89.1 Å². The van der Waals surface area contributed by atoms with Gasteiger partial charge in [0.05, 0.1) is 16.6 Å². The van der Waals surface area contributed by atoms with Crippen LogP contribution in [0.4, 0.5) is 0 Å². The first-order chi connectivity index (χ1) is 16.4. The molecule has 0 aromatic heterocycles. The van der Waals surface area contributed by atoms with Gasteiger partial charge in [-0.1, -0.05) is 66.5 Å². The summed E-state index contributed by atoms with van der Waals surface area (Å²) in [5.41, 5.74) is 10.9. The first-order valence-corrected chi connectivity index (χ1v) is 12.2. The van der Waals surface area contributed by atoms with Crippen molar-refractivity contribution in [1.29, 1.82) is 0 Å². The summed E-state index contributed by atoms with van der Waals surface area (Å²) in [4.78, 5) is 0. The van der Waals surface area contributed by atoms with E-state index in [0.717, 1.165) is 18.3 Å². The van der Waals surface area contributed by atoms with Crippen LogP contribution >= 0.6 is 0 Å². The lowest BCUT2D eigenvalue weighted by molar-refractivity contribution is 0.00578. The maximum Gasteiger partial charge on any atom is 0.495 e. The largest absolute Gasteiger partial charge is 0.495 e. The number of benzene rings is 2. The van der Waals surface area contributed by atoms with Gasteiger partial charge in [-0.05, 0) is 96.3 Å². The molecule has 3 heteroatoms. The molecule has 1 aliphatic heterocycles. The molecule has 2 nitrogen and oxygen atoms in total.